The van der Waals surface area contributed by atoms with Gasteiger partial charge in [-0.3, -0.25) is 4.79 Å². The first kappa shape index (κ1) is 28.4. The van der Waals surface area contributed by atoms with Gasteiger partial charge in [0.15, 0.2) is 22.9 Å². The van der Waals surface area contributed by atoms with Crippen LogP contribution < -0.4 is 9.67 Å². The highest BCUT2D eigenvalue weighted by Crippen LogP contribution is 2.43. The third-order valence-electron chi connectivity index (χ3n) is 7.53. The number of rotatable bonds is 8. The summed E-state index contributed by atoms with van der Waals surface area (Å²) < 4.78 is 15.9. The lowest BCUT2D eigenvalue weighted by atomic mass is 9.80. The fourth-order valence-electron chi connectivity index (χ4n) is 5.63. The second-order valence-corrected chi connectivity index (χ2v) is 11.8. The van der Waals surface area contributed by atoms with Crippen molar-refractivity contribution in [1.82, 2.24) is 4.57 Å². The van der Waals surface area contributed by atoms with Gasteiger partial charge >= 0.3 is 5.97 Å². The molecule has 2 heterocycles. The number of para-hydroxylation sites is 2. The van der Waals surface area contributed by atoms with Crippen LogP contribution in [0.4, 0.5) is 0 Å². The summed E-state index contributed by atoms with van der Waals surface area (Å²) in [7, 11) is 0. The maximum Gasteiger partial charge on any atom is 0.338 e. The molecule has 2 unspecified atom stereocenters. The number of ether oxygens (including phenoxy) is 2. The molecule has 4 aromatic carbocycles. The monoisotopic (exact) mass is 636 g/mol. The smallest absolute Gasteiger partial charge is 0.338 e. The number of esters is 1. The van der Waals surface area contributed by atoms with Crippen LogP contribution in [-0.2, 0) is 20.8 Å². The Balaban J connectivity index is 1.62. The molecule has 0 amide bonds. The molecule has 0 fully saturated rings. The van der Waals surface area contributed by atoms with E-state index in [1.807, 2.05) is 83.7 Å². The Bertz CT molecular complexity index is 1830. The quantitative estimate of drug-likeness (QED) is 0.122. The number of ketones is 1. The van der Waals surface area contributed by atoms with Crippen molar-refractivity contribution >= 4 is 38.7 Å². The fourth-order valence-corrected chi connectivity index (χ4v) is 5.90. The van der Waals surface area contributed by atoms with Crippen molar-refractivity contribution in [3.63, 3.8) is 0 Å². The van der Waals surface area contributed by atoms with Gasteiger partial charge in [0.2, 0.25) is 12.1 Å². The molecule has 0 aliphatic carbocycles. The number of hydrogen-bond acceptors (Lipinski definition) is 5. The van der Waals surface area contributed by atoms with Crippen LogP contribution in [0.3, 0.4) is 0 Å². The van der Waals surface area contributed by atoms with Gasteiger partial charge in [0.25, 0.3) is 0 Å². The Hall–Kier alpha value is -4.69. The molecule has 1 aromatic heterocycles. The summed E-state index contributed by atoms with van der Waals surface area (Å²) in [6.07, 6.45) is 1.89. The van der Waals surface area contributed by atoms with E-state index in [4.69, 9.17) is 9.47 Å². The Kier molecular flexibility index (Phi) is 7.62. The molecule has 0 bridgehead atoms. The number of hydrogen-bond donors (Lipinski definition) is 0. The van der Waals surface area contributed by atoms with Gasteiger partial charge in [-0.15, -0.1) is 0 Å². The lowest BCUT2D eigenvalue weighted by molar-refractivity contribution is -0.663. The average Bonchev–Trinajstić information content (AvgIpc) is 3.34. The zero-order valence-electron chi connectivity index (χ0n) is 23.6. The van der Waals surface area contributed by atoms with E-state index in [0.717, 1.165) is 21.1 Å². The van der Waals surface area contributed by atoms with Gasteiger partial charge < -0.3 is 14.6 Å². The lowest BCUT2D eigenvalue weighted by Crippen LogP contribution is -2.43. The summed E-state index contributed by atoms with van der Waals surface area (Å²) in [6.45, 7) is 3.57. The molecule has 0 saturated heterocycles. The Morgan fingerprint density at radius 3 is 2.19 bits per heavy atom. The van der Waals surface area contributed by atoms with Gasteiger partial charge in [-0.2, -0.15) is 0 Å². The second-order valence-electron chi connectivity index (χ2n) is 10.9. The number of carbonyl (C=O) groups is 2. The maximum absolute atomic E-state index is 14.7. The molecule has 7 nitrogen and oxygen atoms in total. The molecule has 216 valence electrons. The number of halogens is 1. The number of aromatic nitrogens is 2. The summed E-state index contributed by atoms with van der Waals surface area (Å²) in [6, 6.07) is 32.9. The normalized spacial score (nSPS) is 15.9. The molecule has 2 atom stereocenters. The van der Waals surface area contributed by atoms with E-state index in [1.165, 1.54) is 13.8 Å². The van der Waals surface area contributed by atoms with Crippen molar-refractivity contribution < 1.29 is 28.7 Å². The van der Waals surface area contributed by atoms with E-state index in [1.54, 1.807) is 36.4 Å². The van der Waals surface area contributed by atoms with Crippen molar-refractivity contribution in [2.45, 2.75) is 38.1 Å². The Morgan fingerprint density at radius 1 is 0.884 bits per heavy atom. The van der Waals surface area contributed by atoms with Gasteiger partial charge in [-0.05, 0) is 49.2 Å². The highest BCUT2D eigenvalue weighted by Gasteiger charge is 2.45. The minimum atomic E-state index is -1.43. The molecule has 8 heteroatoms. The maximum atomic E-state index is 14.7. The second kappa shape index (κ2) is 11.5. The van der Waals surface area contributed by atoms with Gasteiger partial charge in [0.1, 0.15) is 6.54 Å². The molecule has 0 spiro atoms. The van der Waals surface area contributed by atoms with Crippen LogP contribution in [0, 0.1) is 0 Å². The Morgan fingerprint density at radius 2 is 1.51 bits per heavy atom. The predicted octanol–water partition coefficient (Wildman–Crippen LogP) is 5.83. The van der Waals surface area contributed by atoms with Crippen LogP contribution in [-0.4, -0.2) is 22.1 Å². The SMILES string of the molecule is CC1(C)OC(=O)C(C(c2ccc(Br)cc2)C(C(=O)c2ccccc2)n2c[n+](Cc3ccccc3)c3ccccc32)=C([O-])O1. The van der Waals surface area contributed by atoms with E-state index in [0.29, 0.717) is 17.7 Å². The van der Waals surface area contributed by atoms with Gasteiger partial charge in [-0.1, -0.05) is 101 Å². The number of imidazole rings is 1. The number of cyclic esters (lactones) is 1. The van der Waals surface area contributed by atoms with Gasteiger partial charge in [0, 0.05) is 10.0 Å². The summed E-state index contributed by atoms with van der Waals surface area (Å²) in [5.74, 6) is -4.35. The molecular weight excluding hydrogens is 608 g/mol. The van der Waals surface area contributed by atoms with E-state index in [2.05, 4.69) is 20.5 Å². The lowest BCUT2D eigenvalue weighted by Gasteiger charge is -2.41. The van der Waals surface area contributed by atoms with Crippen LogP contribution in [0.25, 0.3) is 11.0 Å². The number of Topliss-reactive ketones (excluding diaryl/α,β-unsaturated/α-hetero) is 1. The van der Waals surface area contributed by atoms with Crippen LogP contribution >= 0.6 is 15.9 Å². The zero-order valence-corrected chi connectivity index (χ0v) is 25.2. The molecule has 0 N–H and O–H groups in total. The molecule has 43 heavy (non-hydrogen) atoms. The number of benzene rings is 4. The average molecular weight is 638 g/mol. The molecule has 0 saturated carbocycles. The van der Waals surface area contributed by atoms with E-state index < -0.39 is 29.7 Å². The molecular formula is C35H29BrN2O5. The fraction of sp³-hybridized carbons (Fsp3) is 0.171. The summed E-state index contributed by atoms with van der Waals surface area (Å²) in [4.78, 5) is 28.3. The predicted molar refractivity (Wildman–Crippen MR) is 163 cm³/mol. The Labute approximate surface area is 257 Å². The first-order chi connectivity index (χ1) is 20.7. The first-order valence-electron chi connectivity index (χ1n) is 13.9. The highest BCUT2D eigenvalue weighted by molar-refractivity contribution is 9.10. The van der Waals surface area contributed by atoms with Gasteiger partial charge in [0.05, 0.1) is 17.4 Å². The molecule has 5 aromatic rings. The van der Waals surface area contributed by atoms with Crippen molar-refractivity contribution in [3.8, 4) is 0 Å². The van der Waals surface area contributed by atoms with Crippen molar-refractivity contribution in [3.05, 3.63) is 148 Å². The van der Waals surface area contributed by atoms with Crippen LogP contribution in [0.15, 0.2) is 132 Å². The first-order valence-corrected chi connectivity index (χ1v) is 14.7. The minimum Gasteiger partial charge on any atom is -0.575 e. The number of nitrogens with zero attached hydrogens (tertiary/aromatic N) is 2. The third kappa shape index (κ3) is 5.70. The van der Waals surface area contributed by atoms with Crippen LogP contribution in [0.5, 0.6) is 0 Å². The van der Waals surface area contributed by atoms with Crippen molar-refractivity contribution in [2.24, 2.45) is 0 Å². The standard InChI is InChI=1S/C35H29BrN2O5/c1-35(2)42-33(40)30(34(41)43-35)29(24-17-19-26(36)20-18-24)31(32(39)25-13-7-4-8-14-25)38-22-37(21-23-11-5-3-6-12-23)27-15-9-10-16-28(27)38/h3-20,22,29,31H,21H2,1-2H3. The van der Waals surface area contributed by atoms with Crippen molar-refractivity contribution in [1.29, 1.82) is 0 Å². The van der Waals surface area contributed by atoms with E-state index in [9.17, 15) is 14.7 Å². The van der Waals surface area contributed by atoms with Crippen LogP contribution in [0.2, 0.25) is 0 Å². The third-order valence-corrected chi connectivity index (χ3v) is 8.06. The van der Waals surface area contributed by atoms with Crippen LogP contribution in [0.1, 0.15) is 47.3 Å². The number of fused-ring (bicyclic) bond motifs is 1. The van der Waals surface area contributed by atoms with E-state index >= 15 is 0 Å². The van der Waals surface area contributed by atoms with Crippen molar-refractivity contribution in [2.75, 3.05) is 0 Å². The molecule has 6 rings (SSSR count). The van der Waals surface area contributed by atoms with E-state index in [-0.39, 0.29) is 11.4 Å². The summed E-state index contributed by atoms with van der Waals surface area (Å²) >= 11 is 3.48. The summed E-state index contributed by atoms with van der Waals surface area (Å²) in [5.41, 5.74) is 3.55. The molecule has 1 aliphatic rings. The molecule has 0 radical (unpaired) electrons. The highest BCUT2D eigenvalue weighted by atomic mass is 79.9. The topological polar surface area (TPSA) is 84.5 Å². The van der Waals surface area contributed by atoms with Gasteiger partial charge in [-0.25, -0.2) is 13.9 Å². The zero-order chi connectivity index (χ0) is 30.1. The number of carbonyl (C=O) groups excluding carboxylic acids is 2. The molecule has 1 aliphatic heterocycles. The summed E-state index contributed by atoms with van der Waals surface area (Å²) in [5, 5.41) is 13.6. The largest absolute Gasteiger partial charge is 0.575 e. The minimum absolute atomic E-state index is 0.233.